The average molecular weight is 449 g/mol. The van der Waals surface area contributed by atoms with Gasteiger partial charge in [0.2, 0.25) is 0 Å². The van der Waals surface area contributed by atoms with Crippen LogP contribution >= 0.6 is 22.7 Å². The number of hydrogen-bond acceptors (Lipinski definition) is 6. The minimum absolute atomic E-state index is 0.0514. The van der Waals surface area contributed by atoms with Crippen LogP contribution in [-0.4, -0.2) is 11.1 Å². The molecule has 1 N–H and O–H groups in total. The maximum atomic E-state index is 13.1. The highest BCUT2D eigenvalue weighted by atomic mass is 32.1. The Morgan fingerprint density at radius 1 is 0.903 bits per heavy atom. The molecule has 0 amide bonds. The first-order chi connectivity index (χ1) is 14.9. The van der Waals surface area contributed by atoms with Crippen molar-refractivity contribution in [2.24, 2.45) is 0 Å². The van der Waals surface area contributed by atoms with Gasteiger partial charge in [-0.25, -0.2) is 9.59 Å². The lowest BCUT2D eigenvalue weighted by atomic mass is 9.94. The summed E-state index contributed by atoms with van der Waals surface area (Å²) in [5.74, 6) is -0.761. The van der Waals surface area contributed by atoms with Gasteiger partial charge in [-0.3, -0.25) is 0 Å². The Balaban J connectivity index is 1.90. The molecule has 5 aromatic rings. The summed E-state index contributed by atoms with van der Waals surface area (Å²) < 4.78 is 11.7. The largest absolute Gasteiger partial charge is 0.478 e. The Labute approximate surface area is 184 Å². The molecule has 154 valence electrons. The van der Waals surface area contributed by atoms with E-state index < -0.39 is 11.6 Å². The highest BCUT2D eigenvalue weighted by Crippen LogP contribution is 2.41. The highest BCUT2D eigenvalue weighted by molar-refractivity contribution is 7.10. The number of fused-ring (bicyclic) bond motifs is 1. The van der Waals surface area contributed by atoms with Crippen LogP contribution in [0.15, 0.2) is 66.9 Å². The van der Waals surface area contributed by atoms with Crippen molar-refractivity contribution >= 4 is 39.6 Å². The van der Waals surface area contributed by atoms with E-state index >= 15 is 0 Å². The topological polar surface area (TPSA) is 80.7 Å². The molecule has 0 aliphatic heterocycles. The molecule has 0 atom stereocenters. The monoisotopic (exact) mass is 448 g/mol. The third kappa shape index (κ3) is 3.32. The number of furan rings is 1. The maximum absolute atomic E-state index is 13.1. The normalized spacial score (nSPS) is 11.3. The third-order valence-electron chi connectivity index (χ3n) is 5.03. The Morgan fingerprint density at radius 3 is 2.13 bits per heavy atom. The van der Waals surface area contributed by atoms with Gasteiger partial charge in [0.25, 0.3) is 0 Å². The SMILES string of the molecule is Cc1cc(-c2c(-c3cc4ccccc4o3)oc(=O)c(-c3csc(C)c3)c2C(=O)O)cs1. The van der Waals surface area contributed by atoms with Crippen LogP contribution in [0.25, 0.3) is 44.7 Å². The van der Waals surface area contributed by atoms with E-state index in [1.54, 1.807) is 17.5 Å². The lowest BCUT2D eigenvalue weighted by Gasteiger charge is -2.12. The molecule has 0 aliphatic carbocycles. The van der Waals surface area contributed by atoms with Crippen molar-refractivity contribution in [3.05, 3.63) is 79.0 Å². The lowest BCUT2D eigenvalue weighted by Crippen LogP contribution is -2.14. The van der Waals surface area contributed by atoms with Crippen LogP contribution in [0.2, 0.25) is 0 Å². The molecule has 1 aromatic carbocycles. The van der Waals surface area contributed by atoms with Gasteiger partial charge >= 0.3 is 11.6 Å². The lowest BCUT2D eigenvalue weighted by molar-refractivity contribution is 0.0697. The molecule has 0 fully saturated rings. The fourth-order valence-corrected chi connectivity index (χ4v) is 5.09. The van der Waals surface area contributed by atoms with Gasteiger partial charge in [0, 0.05) is 26.3 Å². The van der Waals surface area contributed by atoms with Gasteiger partial charge in [0.15, 0.2) is 11.5 Å². The maximum Gasteiger partial charge on any atom is 0.345 e. The number of aromatic carboxylic acids is 1. The second-order valence-corrected chi connectivity index (χ2v) is 9.42. The van der Waals surface area contributed by atoms with E-state index in [1.807, 2.05) is 49.6 Å². The minimum Gasteiger partial charge on any atom is -0.478 e. The number of carboxylic acids is 1. The average Bonchev–Trinajstić information content (AvgIpc) is 3.46. The van der Waals surface area contributed by atoms with Crippen LogP contribution < -0.4 is 5.63 Å². The quantitative estimate of drug-likeness (QED) is 0.326. The van der Waals surface area contributed by atoms with Crippen molar-refractivity contribution in [3.63, 3.8) is 0 Å². The number of benzene rings is 1. The summed E-state index contributed by atoms with van der Waals surface area (Å²) in [6, 6.07) is 12.9. The Hall–Kier alpha value is -3.42. The Morgan fingerprint density at radius 2 is 1.55 bits per heavy atom. The Kier molecular flexibility index (Phi) is 4.64. The van der Waals surface area contributed by atoms with Crippen molar-refractivity contribution in [1.29, 1.82) is 0 Å². The van der Waals surface area contributed by atoms with Crippen molar-refractivity contribution in [1.82, 2.24) is 0 Å². The first kappa shape index (κ1) is 19.5. The second-order valence-electron chi connectivity index (χ2n) is 7.19. The van der Waals surface area contributed by atoms with Gasteiger partial charge in [-0.1, -0.05) is 18.2 Å². The van der Waals surface area contributed by atoms with Crippen LogP contribution in [-0.2, 0) is 0 Å². The predicted molar refractivity (Wildman–Crippen MR) is 123 cm³/mol. The van der Waals surface area contributed by atoms with Crippen molar-refractivity contribution in [2.45, 2.75) is 13.8 Å². The van der Waals surface area contributed by atoms with Gasteiger partial charge in [0.05, 0.1) is 11.1 Å². The number of carboxylic acid groups (broad SMARTS) is 1. The summed E-state index contributed by atoms with van der Waals surface area (Å²) in [7, 11) is 0. The van der Waals surface area contributed by atoms with Gasteiger partial charge in [-0.15, -0.1) is 22.7 Å². The molecule has 0 spiro atoms. The van der Waals surface area contributed by atoms with Crippen LogP contribution in [0.3, 0.4) is 0 Å². The fraction of sp³-hybridized carbons (Fsp3) is 0.0833. The van der Waals surface area contributed by atoms with Crippen LogP contribution in [0.4, 0.5) is 0 Å². The number of para-hydroxylation sites is 1. The zero-order valence-electron chi connectivity index (χ0n) is 16.6. The number of thiophene rings is 2. The van der Waals surface area contributed by atoms with Gasteiger partial charge in [-0.05, 0) is 54.4 Å². The second kappa shape index (κ2) is 7.37. The van der Waals surface area contributed by atoms with E-state index in [0.717, 1.165) is 15.1 Å². The molecule has 4 aromatic heterocycles. The zero-order valence-corrected chi connectivity index (χ0v) is 18.2. The molecule has 31 heavy (non-hydrogen) atoms. The molecule has 5 rings (SSSR count). The molecule has 5 nitrogen and oxygen atoms in total. The van der Waals surface area contributed by atoms with Gasteiger partial charge in [-0.2, -0.15) is 0 Å². The highest BCUT2D eigenvalue weighted by Gasteiger charge is 2.29. The predicted octanol–water partition coefficient (Wildman–Crippen LogP) is 6.83. The van der Waals surface area contributed by atoms with E-state index in [-0.39, 0.29) is 16.9 Å². The first-order valence-corrected chi connectivity index (χ1v) is 11.2. The van der Waals surface area contributed by atoms with E-state index in [4.69, 9.17) is 8.83 Å². The molecular formula is C24H16O5S2. The first-order valence-electron chi connectivity index (χ1n) is 9.46. The molecular weight excluding hydrogens is 432 g/mol. The summed E-state index contributed by atoms with van der Waals surface area (Å²) >= 11 is 2.95. The van der Waals surface area contributed by atoms with Crippen molar-refractivity contribution < 1.29 is 18.7 Å². The van der Waals surface area contributed by atoms with Crippen LogP contribution in [0, 0.1) is 13.8 Å². The minimum atomic E-state index is -1.19. The van der Waals surface area contributed by atoms with E-state index in [1.165, 1.54) is 22.7 Å². The summed E-state index contributed by atoms with van der Waals surface area (Å²) in [6.07, 6.45) is 0. The zero-order chi connectivity index (χ0) is 21.7. The molecule has 0 saturated carbocycles. The summed E-state index contributed by atoms with van der Waals surface area (Å²) in [5.41, 5.74) is 1.45. The van der Waals surface area contributed by atoms with Gasteiger partial charge in [0.1, 0.15) is 5.58 Å². The number of carbonyl (C=O) groups is 1. The fourth-order valence-electron chi connectivity index (χ4n) is 3.70. The molecule has 0 saturated heterocycles. The van der Waals surface area contributed by atoms with Crippen LogP contribution in [0.5, 0.6) is 0 Å². The Bertz CT molecular complexity index is 1480. The number of aryl methyl sites for hydroxylation is 2. The third-order valence-corrected chi connectivity index (χ3v) is 6.75. The van der Waals surface area contributed by atoms with Crippen molar-refractivity contribution in [2.75, 3.05) is 0 Å². The molecule has 7 heteroatoms. The summed E-state index contributed by atoms with van der Waals surface area (Å²) in [6.45, 7) is 3.85. The molecule has 0 bridgehead atoms. The van der Waals surface area contributed by atoms with Crippen LogP contribution in [0.1, 0.15) is 20.1 Å². The van der Waals surface area contributed by atoms with E-state index in [9.17, 15) is 14.7 Å². The summed E-state index contributed by atoms with van der Waals surface area (Å²) in [5, 5.41) is 14.7. The number of rotatable bonds is 4. The van der Waals surface area contributed by atoms with E-state index in [0.29, 0.717) is 28.0 Å². The molecule has 4 heterocycles. The van der Waals surface area contributed by atoms with Crippen molar-refractivity contribution in [3.8, 4) is 33.8 Å². The summed E-state index contributed by atoms with van der Waals surface area (Å²) in [4.78, 5) is 27.6. The smallest absolute Gasteiger partial charge is 0.345 e. The van der Waals surface area contributed by atoms with E-state index in [2.05, 4.69) is 0 Å². The standard InChI is InChI=1S/C24H16O5S2/c1-12-7-15(10-30-12)19-21(23(25)26)20(16-8-13(2)31-11-16)24(27)29-22(19)18-9-14-5-3-4-6-17(14)28-18/h3-11H,1-2H3,(H,25,26). The number of hydrogen-bond donors (Lipinski definition) is 1. The van der Waals surface area contributed by atoms with Gasteiger partial charge < -0.3 is 13.9 Å². The molecule has 0 radical (unpaired) electrons. The molecule has 0 aliphatic rings. The molecule has 0 unspecified atom stereocenters.